The minimum atomic E-state index is -3.56. The van der Waals surface area contributed by atoms with Crippen molar-refractivity contribution in [2.75, 3.05) is 45.9 Å². The average Bonchev–Trinajstić information content (AvgIpc) is 2.64. The molecule has 0 aliphatic carbocycles. The summed E-state index contributed by atoms with van der Waals surface area (Å²) < 4.78 is 32.2. The molecule has 2 amide bonds. The Labute approximate surface area is 166 Å². The second kappa shape index (κ2) is 10.3. The summed E-state index contributed by atoms with van der Waals surface area (Å²) in [6, 6.07) is 5.95. The van der Waals surface area contributed by atoms with E-state index in [4.69, 9.17) is 16.3 Å². The van der Waals surface area contributed by atoms with Gasteiger partial charge in [0.15, 0.2) is 0 Å². The van der Waals surface area contributed by atoms with Gasteiger partial charge in [-0.15, -0.1) is 0 Å². The van der Waals surface area contributed by atoms with E-state index in [1.54, 1.807) is 17.0 Å². The standard InChI is InChI=1S/C18H28ClN3O4S/c1-15(2)14-26-13-3-8-20-18(23)21-9-11-22(12-10-21)27(24,25)17-6-4-16(19)5-7-17/h4-7,15H,3,8-14H2,1-2H3,(H,20,23). The quantitative estimate of drug-likeness (QED) is 0.659. The molecular formula is C18H28ClN3O4S. The summed E-state index contributed by atoms with van der Waals surface area (Å²) in [5, 5.41) is 3.35. The van der Waals surface area contributed by atoms with Gasteiger partial charge in [0.25, 0.3) is 0 Å². The number of carbonyl (C=O) groups is 1. The zero-order valence-electron chi connectivity index (χ0n) is 15.9. The number of piperazine rings is 1. The Morgan fingerprint density at radius 1 is 1.19 bits per heavy atom. The van der Waals surface area contributed by atoms with Crippen molar-refractivity contribution in [3.63, 3.8) is 0 Å². The topological polar surface area (TPSA) is 79.0 Å². The normalized spacial score (nSPS) is 15.9. The van der Waals surface area contributed by atoms with Crippen LogP contribution in [0.4, 0.5) is 4.79 Å². The van der Waals surface area contributed by atoms with Crippen molar-refractivity contribution in [3.05, 3.63) is 29.3 Å². The number of rotatable bonds is 8. The minimum Gasteiger partial charge on any atom is -0.381 e. The van der Waals surface area contributed by atoms with E-state index in [0.717, 1.165) is 13.0 Å². The first-order chi connectivity index (χ1) is 12.8. The molecule has 0 unspecified atom stereocenters. The molecule has 2 rings (SSSR count). The van der Waals surface area contributed by atoms with Crippen LogP contribution in [-0.4, -0.2) is 69.6 Å². The van der Waals surface area contributed by atoms with Gasteiger partial charge in [-0.05, 0) is 36.6 Å². The molecule has 152 valence electrons. The number of ether oxygens (including phenoxy) is 1. The van der Waals surface area contributed by atoms with Crippen molar-refractivity contribution in [2.45, 2.75) is 25.2 Å². The van der Waals surface area contributed by atoms with Gasteiger partial charge < -0.3 is 15.0 Å². The summed E-state index contributed by atoms with van der Waals surface area (Å²) in [5.74, 6) is 0.500. The summed E-state index contributed by atoms with van der Waals surface area (Å²) >= 11 is 5.82. The van der Waals surface area contributed by atoms with Crippen LogP contribution >= 0.6 is 11.6 Å². The van der Waals surface area contributed by atoms with Crippen LogP contribution in [0, 0.1) is 5.92 Å². The van der Waals surface area contributed by atoms with E-state index in [1.807, 2.05) is 0 Å². The van der Waals surface area contributed by atoms with Crippen molar-refractivity contribution < 1.29 is 17.9 Å². The molecule has 1 N–H and O–H groups in total. The van der Waals surface area contributed by atoms with Crippen LogP contribution in [0.15, 0.2) is 29.2 Å². The van der Waals surface area contributed by atoms with Gasteiger partial charge in [-0.2, -0.15) is 4.31 Å². The molecule has 0 bridgehead atoms. The van der Waals surface area contributed by atoms with Crippen molar-refractivity contribution in [1.29, 1.82) is 0 Å². The van der Waals surface area contributed by atoms with Crippen LogP contribution in [0.2, 0.25) is 5.02 Å². The fourth-order valence-corrected chi connectivity index (χ4v) is 4.24. The number of amides is 2. The molecule has 1 fully saturated rings. The number of nitrogens with zero attached hydrogens (tertiary/aromatic N) is 2. The summed E-state index contributed by atoms with van der Waals surface area (Å²) in [6.07, 6.45) is 0.753. The predicted molar refractivity (Wildman–Crippen MR) is 105 cm³/mol. The molecule has 9 heteroatoms. The summed E-state index contributed by atoms with van der Waals surface area (Å²) in [4.78, 5) is 14.1. The highest BCUT2D eigenvalue weighted by molar-refractivity contribution is 7.89. The molecule has 1 aromatic carbocycles. The highest BCUT2D eigenvalue weighted by atomic mass is 35.5. The Balaban J connectivity index is 1.74. The van der Waals surface area contributed by atoms with E-state index < -0.39 is 10.0 Å². The van der Waals surface area contributed by atoms with Gasteiger partial charge >= 0.3 is 6.03 Å². The molecule has 1 saturated heterocycles. The van der Waals surface area contributed by atoms with E-state index in [1.165, 1.54) is 16.4 Å². The fraction of sp³-hybridized carbons (Fsp3) is 0.611. The zero-order chi connectivity index (χ0) is 19.9. The number of carbonyl (C=O) groups excluding carboxylic acids is 1. The van der Waals surface area contributed by atoms with Crippen LogP contribution in [0.3, 0.4) is 0 Å². The van der Waals surface area contributed by atoms with Gasteiger partial charge in [0.1, 0.15) is 0 Å². The Morgan fingerprint density at radius 2 is 1.81 bits per heavy atom. The monoisotopic (exact) mass is 417 g/mol. The van der Waals surface area contributed by atoms with E-state index in [9.17, 15) is 13.2 Å². The van der Waals surface area contributed by atoms with Crippen molar-refractivity contribution in [2.24, 2.45) is 5.92 Å². The molecule has 0 saturated carbocycles. The minimum absolute atomic E-state index is 0.164. The van der Waals surface area contributed by atoms with Crippen LogP contribution < -0.4 is 5.32 Å². The molecule has 0 atom stereocenters. The van der Waals surface area contributed by atoms with Crippen LogP contribution in [0.25, 0.3) is 0 Å². The smallest absolute Gasteiger partial charge is 0.317 e. The van der Waals surface area contributed by atoms with E-state index in [2.05, 4.69) is 19.2 Å². The number of urea groups is 1. The van der Waals surface area contributed by atoms with E-state index in [0.29, 0.717) is 37.2 Å². The van der Waals surface area contributed by atoms with Crippen molar-refractivity contribution >= 4 is 27.7 Å². The second-order valence-corrected chi connectivity index (χ2v) is 9.27. The molecule has 1 aliphatic rings. The van der Waals surface area contributed by atoms with Crippen LogP contribution in [0.1, 0.15) is 20.3 Å². The van der Waals surface area contributed by atoms with Gasteiger partial charge in [0, 0.05) is 51.0 Å². The van der Waals surface area contributed by atoms with Crippen molar-refractivity contribution in [3.8, 4) is 0 Å². The lowest BCUT2D eigenvalue weighted by atomic mass is 10.2. The number of nitrogens with one attached hydrogen (secondary N) is 1. The first-order valence-electron chi connectivity index (χ1n) is 9.17. The maximum Gasteiger partial charge on any atom is 0.317 e. The third-order valence-electron chi connectivity index (χ3n) is 4.17. The van der Waals surface area contributed by atoms with Gasteiger partial charge in [0.2, 0.25) is 10.0 Å². The molecule has 1 aromatic rings. The highest BCUT2D eigenvalue weighted by Crippen LogP contribution is 2.19. The predicted octanol–water partition coefficient (Wildman–Crippen LogP) is 2.42. The summed E-state index contributed by atoms with van der Waals surface area (Å²) in [5.41, 5.74) is 0. The summed E-state index contributed by atoms with van der Waals surface area (Å²) in [7, 11) is -3.56. The largest absolute Gasteiger partial charge is 0.381 e. The lowest BCUT2D eigenvalue weighted by Gasteiger charge is -2.34. The Morgan fingerprint density at radius 3 is 2.41 bits per heavy atom. The SMILES string of the molecule is CC(C)COCCCNC(=O)N1CCN(S(=O)(=O)c2ccc(Cl)cc2)CC1. The Hall–Kier alpha value is -1.35. The zero-order valence-corrected chi connectivity index (χ0v) is 17.4. The molecular weight excluding hydrogens is 390 g/mol. The fourth-order valence-electron chi connectivity index (χ4n) is 2.69. The lowest BCUT2D eigenvalue weighted by Crippen LogP contribution is -2.53. The van der Waals surface area contributed by atoms with Crippen LogP contribution in [0.5, 0.6) is 0 Å². The molecule has 7 nitrogen and oxygen atoms in total. The number of hydrogen-bond acceptors (Lipinski definition) is 4. The number of hydrogen-bond donors (Lipinski definition) is 1. The molecule has 0 aromatic heterocycles. The average molecular weight is 418 g/mol. The maximum atomic E-state index is 12.6. The molecule has 1 heterocycles. The molecule has 0 spiro atoms. The van der Waals surface area contributed by atoms with Gasteiger partial charge in [-0.25, -0.2) is 13.2 Å². The summed E-state index contributed by atoms with van der Waals surface area (Å²) in [6.45, 7) is 7.34. The number of sulfonamides is 1. The van der Waals surface area contributed by atoms with E-state index in [-0.39, 0.29) is 24.0 Å². The highest BCUT2D eigenvalue weighted by Gasteiger charge is 2.29. The second-order valence-electron chi connectivity index (χ2n) is 6.90. The first kappa shape index (κ1) is 21.9. The van der Waals surface area contributed by atoms with E-state index >= 15 is 0 Å². The number of halogens is 1. The molecule has 27 heavy (non-hydrogen) atoms. The first-order valence-corrected chi connectivity index (χ1v) is 11.0. The Bertz CT molecular complexity index is 702. The van der Waals surface area contributed by atoms with Gasteiger partial charge in [-0.1, -0.05) is 25.4 Å². The Kier molecular flexibility index (Phi) is 8.34. The third-order valence-corrected chi connectivity index (χ3v) is 6.33. The lowest BCUT2D eigenvalue weighted by molar-refractivity contribution is 0.107. The third kappa shape index (κ3) is 6.64. The van der Waals surface area contributed by atoms with Crippen molar-refractivity contribution in [1.82, 2.24) is 14.5 Å². The number of benzene rings is 1. The van der Waals surface area contributed by atoms with Crippen LogP contribution in [-0.2, 0) is 14.8 Å². The van der Waals surface area contributed by atoms with Gasteiger partial charge in [-0.3, -0.25) is 0 Å². The molecule has 1 aliphatic heterocycles. The van der Waals surface area contributed by atoms with Gasteiger partial charge in [0.05, 0.1) is 4.90 Å². The maximum absolute atomic E-state index is 12.6. The molecule has 0 radical (unpaired) electrons.